The lowest BCUT2D eigenvalue weighted by molar-refractivity contribution is -0.138. The monoisotopic (exact) mass is 318 g/mol. The van der Waals surface area contributed by atoms with Crippen LogP contribution in [-0.4, -0.2) is 71.7 Å². The van der Waals surface area contributed by atoms with Crippen molar-refractivity contribution in [2.75, 3.05) is 39.9 Å². The number of carbonyl (C=O) groups excluding carboxylic acids is 2. The first kappa shape index (κ1) is 15.9. The van der Waals surface area contributed by atoms with Crippen molar-refractivity contribution in [1.82, 2.24) is 20.0 Å². The maximum absolute atomic E-state index is 12.7. The summed E-state index contributed by atoms with van der Waals surface area (Å²) in [5.74, 6) is 0.198. The zero-order chi connectivity index (χ0) is 16.3. The van der Waals surface area contributed by atoms with E-state index in [0.29, 0.717) is 31.8 Å². The minimum Gasteiger partial charge on any atom is -0.383 e. The Morgan fingerprint density at radius 1 is 1.26 bits per heavy atom. The van der Waals surface area contributed by atoms with Gasteiger partial charge in [-0.1, -0.05) is 0 Å². The molecule has 0 radical (unpaired) electrons. The second-order valence-electron chi connectivity index (χ2n) is 6.24. The molecule has 2 aliphatic heterocycles. The van der Waals surface area contributed by atoms with Crippen molar-refractivity contribution in [3.8, 4) is 0 Å². The fourth-order valence-corrected chi connectivity index (χ4v) is 3.51. The maximum atomic E-state index is 12.7. The Kier molecular flexibility index (Phi) is 4.56. The third kappa shape index (κ3) is 3.06. The number of hydrogen-bond donors (Lipinski definition) is 0. The highest BCUT2D eigenvalue weighted by Gasteiger charge is 2.48. The number of likely N-dealkylation sites (tertiary alicyclic amines) is 2. The third-order valence-corrected chi connectivity index (χ3v) is 5.01. The summed E-state index contributed by atoms with van der Waals surface area (Å²) in [5.41, 5.74) is 0.275. The molecule has 0 unspecified atom stereocenters. The molecule has 1 aromatic rings. The van der Waals surface area contributed by atoms with Gasteiger partial charge in [0.25, 0.3) is 5.91 Å². The van der Waals surface area contributed by atoms with Crippen LogP contribution < -0.4 is 0 Å². The molecule has 2 aliphatic rings. The summed E-state index contributed by atoms with van der Waals surface area (Å²) in [6.45, 7) is 3.25. The number of amides is 2. The number of piperidine rings is 1. The number of hydrogen-bond acceptors (Lipinski definition) is 5. The Labute approximate surface area is 135 Å². The predicted octanol–water partition coefficient (Wildman–Crippen LogP) is 0.578. The smallest absolute Gasteiger partial charge is 0.255 e. The quantitative estimate of drug-likeness (QED) is 0.811. The first-order chi connectivity index (χ1) is 11.2. The largest absolute Gasteiger partial charge is 0.383 e. The van der Waals surface area contributed by atoms with E-state index in [9.17, 15) is 9.59 Å². The van der Waals surface area contributed by atoms with Gasteiger partial charge >= 0.3 is 0 Å². The van der Waals surface area contributed by atoms with E-state index in [0.717, 1.165) is 25.8 Å². The Hall–Kier alpha value is -2.02. The van der Waals surface area contributed by atoms with Gasteiger partial charge in [0.1, 0.15) is 0 Å². The van der Waals surface area contributed by atoms with Crippen molar-refractivity contribution >= 4 is 11.8 Å². The molecule has 7 heteroatoms. The van der Waals surface area contributed by atoms with Crippen molar-refractivity contribution in [3.05, 3.63) is 24.0 Å². The van der Waals surface area contributed by atoms with Crippen molar-refractivity contribution < 1.29 is 14.3 Å². The number of aromatic nitrogens is 2. The molecule has 0 bridgehead atoms. The second kappa shape index (κ2) is 6.62. The molecule has 0 N–H and O–H groups in total. The third-order valence-electron chi connectivity index (χ3n) is 5.01. The van der Waals surface area contributed by atoms with Gasteiger partial charge in [-0.15, -0.1) is 0 Å². The van der Waals surface area contributed by atoms with Crippen molar-refractivity contribution in [2.24, 2.45) is 5.41 Å². The van der Waals surface area contributed by atoms with Gasteiger partial charge in [-0.25, -0.2) is 0 Å². The Balaban J connectivity index is 1.60. The SMILES string of the molecule is COCCN1CCC2(CCN(C(=O)c3ccnnc3)CC2)C1=O. The minimum absolute atomic E-state index is 0.0311. The lowest BCUT2D eigenvalue weighted by Crippen LogP contribution is -2.47. The Bertz CT molecular complexity index is 570. The average molecular weight is 318 g/mol. The standard InChI is InChI=1S/C16H22N4O3/c1-23-11-10-20-9-5-16(15(20)22)3-7-19(8-4-16)14(21)13-2-6-17-18-12-13/h2,6,12H,3-5,7-11H2,1H3. The molecule has 3 heterocycles. The summed E-state index contributed by atoms with van der Waals surface area (Å²) in [4.78, 5) is 28.8. The van der Waals surface area contributed by atoms with Gasteiger partial charge in [0.05, 0.1) is 30.0 Å². The fourth-order valence-electron chi connectivity index (χ4n) is 3.51. The van der Waals surface area contributed by atoms with E-state index in [-0.39, 0.29) is 17.2 Å². The molecule has 7 nitrogen and oxygen atoms in total. The van der Waals surface area contributed by atoms with Crippen LogP contribution in [0.2, 0.25) is 0 Å². The van der Waals surface area contributed by atoms with Crippen LogP contribution in [0.15, 0.2) is 18.5 Å². The molecule has 23 heavy (non-hydrogen) atoms. The molecule has 2 amide bonds. The van der Waals surface area contributed by atoms with Crippen molar-refractivity contribution in [1.29, 1.82) is 0 Å². The molecule has 0 aliphatic carbocycles. The zero-order valence-electron chi connectivity index (χ0n) is 13.4. The predicted molar refractivity (Wildman–Crippen MR) is 82.7 cm³/mol. The van der Waals surface area contributed by atoms with Gasteiger partial charge in [0.15, 0.2) is 0 Å². The molecule has 0 saturated carbocycles. The van der Waals surface area contributed by atoms with E-state index in [1.165, 1.54) is 12.4 Å². The van der Waals surface area contributed by atoms with Gasteiger partial charge in [-0.05, 0) is 25.3 Å². The Morgan fingerprint density at radius 2 is 2.00 bits per heavy atom. The summed E-state index contributed by atoms with van der Waals surface area (Å²) in [7, 11) is 1.65. The maximum Gasteiger partial charge on any atom is 0.255 e. The molecule has 2 fully saturated rings. The summed E-state index contributed by atoms with van der Waals surface area (Å²) >= 11 is 0. The lowest BCUT2D eigenvalue weighted by atomic mass is 9.77. The van der Waals surface area contributed by atoms with Gasteiger partial charge < -0.3 is 14.5 Å². The summed E-state index contributed by atoms with van der Waals surface area (Å²) in [5, 5.41) is 7.44. The van der Waals surface area contributed by atoms with Gasteiger partial charge in [-0.3, -0.25) is 9.59 Å². The second-order valence-corrected chi connectivity index (χ2v) is 6.24. The van der Waals surface area contributed by atoms with E-state index < -0.39 is 0 Å². The molecular weight excluding hydrogens is 296 g/mol. The number of carbonyl (C=O) groups is 2. The molecule has 1 spiro atoms. The van der Waals surface area contributed by atoms with Gasteiger partial charge in [0.2, 0.25) is 5.91 Å². The number of methoxy groups -OCH3 is 1. The van der Waals surface area contributed by atoms with Crippen LogP contribution in [0.4, 0.5) is 0 Å². The minimum atomic E-state index is -0.277. The lowest BCUT2D eigenvalue weighted by Gasteiger charge is -2.38. The molecule has 0 atom stereocenters. The summed E-state index contributed by atoms with van der Waals surface area (Å²) < 4.78 is 5.07. The molecule has 3 rings (SSSR count). The van der Waals surface area contributed by atoms with Crippen LogP contribution in [0.3, 0.4) is 0 Å². The normalized spacial score (nSPS) is 20.3. The summed E-state index contributed by atoms with van der Waals surface area (Å²) in [6.07, 6.45) is 5.36. The molecule has 1 aromatic heterocycles. The van der Waals surface area contributed by atoms with Crippen molar-refractivity contribution in [2.45, 2.75) is 19.3 Å². The van der Waals surface area contributed by atoms with Gasteiger partial charge in [0, 0.05) is 33.3 Å². The van der Waals surface area contributed by atoms with Crippen LogP contribution in [-0.2, 0) is 9.53 Å². The molecule has 124 valence electrons. The van der Waals surface area contributed by atoms with E-state index in [2.05, 4.69) is 10.2 Å². The summed E-state index contributed by atoms with van der Waals surface area (Å²) in [6, 6.07) is 1.67. The highest BCUT2D eigenvalue weighted by atomic mass is 16.5. The van der Waals surface area contributed by atoms with Crippen LogP contribution >= 0.6 is 0 Å². The Morgan fingerprint density at radius 3 is 2.65 bits per heavy atom. The fraction of sp³-hybridized carbons (Fsp3) is 0.625. The first-order valence-corrected chi connectivity index (χ1v) is 8.01. The highest BCUT2D eigenvalue weighted by Crippen LogP contribution is 2.41. The van der Waals surface area contributed by atoms with Crippen LogP contribution in [0.5, 0.6) is 0 Å². The van der Waals surface area contributed by atoms with E-state index in [4.69, 9.17) is 4.74 Å². The topological polar surface area (TPSA) is 75.6 Å². The zero-order valence-corrected chi connectivity index (χ0v) is 13.4. The van der Waals surface area contributed by atoms with E-state index in [1.54, 1.807) is 13.2 Å². The average Bonchev–Trinajstić information content (AvgIpc) is 2.90. The van der Waals surface area contributed by atoms with E-state index >= 15 is 0 Å². The molecule has 0 aromatic carbocycles. The highest BCUT2D eigenvalue weighted by molar-refractivity contribution is 5.94. The number of rotatable bonds is 4. The number of nitrogens with zero attached hydrogens (tertiary/aromatic N) is 4. The first-order valence-electron chi connectivity index (χ1n) is 8.01. The molecule has 2 saturated heterocycles. The number of ether oxygens (including phenoxy) is 1. The van der Waals surface area contributed by atoms with Gasteiger partial charge in [-0.2, -0.15) is 10.2 Å². The van der Waals surface area contributed by atoms with Crippen LogP contribution in [0.1, 0.15) is 29.6 Å². The van der Waals surface area contributed by atoms with Crippen LogP contribution in [0.25, 0.3) is 0 Å². The van der Waals surface area contributed by atoms with E-state index in [1.807, 2.05) is 9.80 Å². The molecular formula is C16H22N4O3. The van der Waals surface area contributed by atoms with Crippen molar-refractivity contribution in [3.63, 3.8) is 0 Å². The van der Waals surface area contributed by atoms with Crippen LogP contribution in [0, 0.1) is 5.41 Å².